The number of para-hydroxylation sites is 1. The van der Waals surface area contributed by atoms with Crippen LogP contribution in [0.15, 0.2) is 54.6 Å². The quantitative estimate of drug-likeness (QED) is 0.510. The summed E-state index contributed by atoms with van der Waals surface area (Å²) in [5.74, 6) is -1.71. The fourth-order valence-corrected chi connectivity index (χ4v) is 3.39. The number of hydrogen-bond acceptors (Lipinski definition) is 3. The molecule has 29 heavy (non-hydrogen) atoms. The lowest BCUT2D eigenvalue weighted by molar-refractivity contribution is -0.117. The molecule has 0 aliphatic heterocycles. The van der Waals surface area contributed by atoms with Crippen LogP contribution in [-0.4, -0.2) is 28.0 Å². The summed E-state index contributed by atoms with van der Waals surface area (Å²) in [6.07, 6.45) is 0. The van der Waals surface area contributed by atoms with Crippen LogP contribution in [0.1, 0.15) is 41.2 Å². The Kier molecular flexibility index (Phi) is 5.64. The number of carbonyl (C=O) groups excluding carboxylic acids is 2. The van der Waals surface area contributed by atoms with E-state index in [0.29, 0.717) is 17.0 Å². The second-order valence-corrected chi connectivity index (χ2v) is 7.67. The van der Waals surface area contributed by atoms with E-state index in [1.807, 2.05) is 44.2 Å². The summed E-state index contributed by atoms with van der Waals surface area (Å²) in [4.78, 5) is 25.4. The molecule has 0 spiro atoms. The number of amides is 1. The maximum Gasteiger partial charge on any atom is 0.292 e. The van der Waals surface area contributed by atoms with Crippen LogP contribution in [0.2, 0.25) is 0 Å². The van der Waals surface area contributed by atoms with Crippen molar-refractivity contribution in [3.8, 4) is 5.69 Å². The lowest BCUT2D eigenvalue weighted by atomic mass is 9.84. The number of hydrogen-bond donors (Lipinski definition) is 1. The molecule has 3 rings (SSSR count). The Balaban J connectivity index is 1.78. The molecule has 2 aromatic carbocycles. The second-order valence-electron chi connectivity index (χ2n) is 7.67. The van der Waals surface area contributed by atoms with Gasteiger partial charge in [0, 0.05) is 12.0 Å². The third-order valence-electron chi connectivity index (χ3n) is 5.02. The van der Waals surface area contributed by atoms with Gasteiger partial charge in [-0.25, -0.2) is 9.07 Å². The number of carbonyl (C=O) groups is 2. The SMILES string of the molecule is Cc1nn(-c2ccccc2)c(C)c1C(=O)C(=O)NCC(C)(C)c1ccccc1F. The lowest BCUT2D eigenvalue weighted by Crippen LogP contribution is -2.40. The topological polar surface area (TPSA) is 64.0 Å². The van der Waals surface area contributed by atoms with Gasteiger partial charge >= 0.3 is 0 Å². The zero-order valence-corrected chi connectivity index (χ0v) is 17.0. The molecular weight excluding hydrogens is 369 g/mol. The minimum absolute atomic E-state index is 0.128. The predicted molar refractivity (Wildman–Crippen MR) is 110 cm³/mol. The summed E-state index contributed by atoms with van der Waals surface area (Å²) in [5, 5.41) is 7.08. The molecule has 0 atom stereocenters. The largest absolute Gasteiger partial charge is 0.348 e. The minimum atomic E-state index is -0.728. The fourth-order valence-electron chi connectivity index (χ4n) is 3.39. The molecule has 0 saturated carbocycles. The Bertz CT molecular complexity index is 1060. The highest BCUT2D eigenvalue weighted by Crippen LogP contribution is 2.25. The molecule has 1 heterocycles. The number of rotatable bonds is 6. The summed E-state index contributed by atoms with van der Waals surface area (Å²) >= 11 is 0. The molecular formula is C23H24FN3O2. The summed E-state index contributed by atoms with van der Waals surface area (Å²) in [7, 11) is 0. The third kappa shape index (κ3) is 4.11. The Labute approximate surface area is 169 Å². The molecule has 0 unspecified atom stereocenters. The molecule has 0 radical (unpaired) electrons. The van der Waals surface area contributed by atoms with Crippen LogP contribution in [0.3, 0.4) is 0 Å². The number of aryl methyl sites for hydroxylation is 1. The summed E-state index contributed by atoms with van der Waals surface area (Å²) in [6, 6.07) is 15.8. The van der Waals surface area contributed by atoms with Gasteiger partial charge in [-0.1, -0.05) is 50.2 Å². The van der Waals surface area contributed by atoms with E-state index in [2.05, 4.69) is 10.4 Å². The molecule has 5 nitrogen and oxygen atoms in total. The number of Topliss-reactive ketones (excluding diaryl/α,β-unsaturated/α-hetero) is 1. The van der Waals surface area contributed by atoms with Crippen molar-refractivity contribution in [1.82, 2.24) is 15.1 Å². The first-order valence-corrected chi connectivity index (χ1v) is 9.41. The third-order valence-corrected chi connectivity index (χ3v) is 5.02. The first-order valence-electron chi connectivity index (χ1n) is 9.41. The Morgan fingerprint density at radius 3 is 2.31 bits per heavy atom. The fraction of sp³-hybridized carbons (Fsp3) is 0.261. The number of halogens is 1. The van der Waals surface area contributed by atoms with E-state index >= 15 is 0 Å². The molecule has 3 aromatic rings. The van der Waals surface area contributed by atoms with Gasteiger partial charge in [-0.15, -0.1) is 0 Å². The summed E-state index contributed by atoms with van der Waals surface area (Å²) in [5.41, 5.74) is 2.00. The Morgan fingerprint density at radius 2 is 1.66 bits per heavy atom. The van der Waals surface area contributed by atoms with E-state index in [-0.39, 0.29) is 17.9 Å². The molecule has 6 heteroatoms. The smallest absolute Gasteiger partial charge is 0.292 e. The highest BCUT2D eigenvalue weighted by atomic mass is 19.1. The maximum atomic E-state index is 14.1. The van der Waals surface area contributed by atoms with Gasteiger partial charge in [0.25, 0.3) is 11.7 Å². The van der Waals surface area contributed by atoms with Gasteiger partial charge in [-0.2, -0.15) is 5.10 Å². The predicted octanol–water partition coefficient (Wildman–Crippen LogP) is 3.90. The van der Waals surface area contributed by atoms with E-state index in [1.165, 1.54) is 6.07 Å². The standard InChI is InChI=1S/C23H24FN3O2/c1-15-20(16(2)27(26-15)17-10-6-5-7-11-17)21(28)22(29)25-14-23(3,4)18-12-8-9-13-19(18)24/h5-13H,14H2,1-4H3,(H,25,29). The van der Waals surface area contributed by atoms with Gasteiger partial charge in [0.15, 0.2) is 0 Å². The zero-order valence-electron chi connectivity index (χ0n) is 17.0. The van der Waals surface area contributed by atoms with Crippen molar-refractivity contribution >= 4 is 11.7 Å². The van der Waals surface area contributed by atoms with E-state index < -0.39 is 17.1 Å². The molecule has 1 aromatic heterocycles. The van der Waals surface area contributed by atoms with Crippen LogP contribution < -0.4 is 5.32 Å². The first-order chi connectivity index (χ1) is 13.7. The Hall–Kier alpha value is -3.28. The van der Waals surface area contributed by atoms with E-state index in [4.69, 9.17) is 0 Å². The molecule has 1 N–H and O–H groups in total. The minimum Gasteiger partial charge on any atom is -0.348 e. The van der Waals surface area contributed by atoms with Gasteiger partial charge in [0.05, 0.1) is 22.6 Å². The van der Waals surface area contributed by atoms with Crippen molar-refractivity contribution in [2.45, 2.75) is 33.1 Å². The highest BCUT2D eigenvalue weighted by Gasteiger charge is 2.29. The highest BCUT2D eigenvalue weighted by molar-refractivity contribution is 6.43. The van der Waals surface area contributed by atoms with Crippen LogP contribution in [-0.2, 0) is 10.2 Å². The number of aromatic nitrogens is 2. The number of ketones is 1. The van der Waals surface area contributed by atoms with E-state index in [0.717, 1.165) is 5.69 Å². The molecule has 0 aliphatic rings. The van der Waals surface area contributed by atoms with E-state index in [9.17, 15) is 14.0 Å². The van der Waals surface area contributed by atoms with Crippen LogP contribution in [0.25, 0.3) is 5.69 Å². The zero-order chi connectivity index (χ0) is 21.2. The van der Waals surface area contributed by atoms with Crippen LogP contribution >= 0.6 is 0 Å². The molecule has 150 valence electrons. The van der Waals surface area contributed by atoms with E-state index in [1.54, 1.807) is 36.7 Å². The van der Waals surface area contributed by atoms with Gasteiger partial charge in [-0.3, -0.25) is 9.59 Å². The first kappa shape index (κ1) is 20.5. The molecule has 0 aliphatic carbocycles. The van der Waals surface area contributed by atoms with Crippen molar-refractivity contribution < 1.29 is 14.0 Å². The van der Waals surface area contributed by atoms with Crippen molar-refractivity contribution in [3.05, 3.63) is 82.9 Å². The molecule has 0 bridgehead atoms. The van der Waals surface area contributed by atoms with Crippen LogP contribution in [0.5, 0.6) is 0 Å². The Morgan fingerprint density at radius 1 is 1.03 bits per heavy atom. The monoisotopic (exact) mass is 393 g/mol. The molecule has 0 fully saturated rings. The molecule has 0 saturated heterocycles. The van der Waals surface area contributed by atoms with Crippen molar-refractivity contribution in [3.63, 3.8) is 0 Å². The average molecular weight is 393 g/mol. The van der Waals surface area contributed by atoms with Crippen molar-refractivity contribution in [2.24, 2.45) is 0 Å². The number of benzene rings is 2. The number of nitrogens with one attached hydrogen (secondary N) is 1. The average Bonchev–Trinajstić information content (AvgIpc) is 3.00. The van der Waals surface area contributed by atoms with Crippen molar-refractivity contribution in [1.29, 1.82) is 0 Å². The van der Waals surface area contributed by atoms with Crippen molar-refractivity contribution in [2.75, 3.05) is 6.54 Å². The second kappa shape index (κ2) is 7.99. The van der Waals surface area contributed by atoms with Crippen LogP contribution in [0.4, 0.5) is 4.39 Å². The summed E-state index contributed by atoms with van der Waals surface area (Å²) in [6.45, 7) is 7.23. The molecule has 1 amide bonds. The summed E-state index contributed by atoms with van der Waals surface area (Å²) < 4.78 is 15.8. The van der Waals surface area contributed by atoms with Crippen LogP contribution in [0, 0.1) is 19.7 Å². The van der Waals surface area contributed by atoms with Gasteiger partial charge in [0.1, 0.15) is 5.82 Å². The maximum absolute atomic E-state index is 14.1. The lowest BCUT2D eigenvalue weighted by Gasteiger charge is -2.26. The van der Waals surface area contributed by atoms with Gasteiger partial charge in [0.2, 0.25) is 0 Å². The normalized spacial score (nSPS) is 11.3. The number of nitrogens with zero attached hydrogens (tertiary/aromatic N) is 2. The van der Waals surface area contributed by atoms with Gasteiger partial charge in [-0.05, 0) is 37.6 Å². The van der Waals surface area contributed by atoms with Gasteiger partial charge < -0.3 is 5.32 Å².